The number of nitrogens with one attached hydrogen (secondary N) is 2. The van der Waals surface area contributed by atoms with E-state index in [4.69, 9.17) is 9.15 Å². The van der Waals surface area contributed by atoms with Crippen LogP contribution in [0.2, 0.25) is 0 Å². The molecule has 0 spiro atoms. The Labute approximate surface area is 177 Å². The van der Waals surface area contributed by atoms with E-state index >= 15 is 0 Å². The summed E-state index contributed by atoms with van der Waals surface area (Å²) in [5, 5.41) is 4.67. The number of amides is 2. The minimum atomic E-state index is -0.526. The van der Waals surface area contributed by atoms with Crippen molar-refractivity contribution >= 4 is 33.6 Å². The molecular formula is C25H19N3O3. The first-order valence-corrected chi connectivity index (χ1v) is 9.81. The molecule has 2 aromatic heterocycles. The molecule has 6 nitrogen and oxygen atoms in total. The summed E-state index contributed by atoms with van der Waals surface area (Å²) in [4.78, 5) is 20.3. The van der Waals surface area contributed by atoms with Gasteiger partial charge in [0, 0.05) is 22.0 Å². The lowest BCUT2D eigenvalue weighted by Crippen LogP contribution is -2.14. The average molecular weight is 409 g/mol. The van der Waals surface area contributed by atoms with Gasteiger partial charge in [0.15, 0.2) is 11.3 Å². The summed E-state index contributed by atoms with van der Waals surface area (Å²) in [6, 6.07) is 26.2. The number of aromatic nitrogens is 1. The van der Waals surface area contributed by atoms with Crippen molar-refractivity contribution < 1.29 is 13.9 Å². The first-order valence-electron chi connectivity index (χ1n) is 9.81. The van der Waals surface area contributed by atoms with Crippen LogP contribution in [0.25, 0.3) is 33.1 Å². The molecule has 5 rings (SSSR count). The molecule has 3 aromatic carbocycles. The van der Waals surface area contributed by atoms with E-state index in [0.29, 0.717) is 22.6 Å². The van der Waals surface area contributed by atoms with Crippen molar-refractivity contribution in [2.75, 3.05) is 12.4 Å². The zero-order chi connectivity index (χ0) is 21.2. The summed E-state index contributed by atoms with van der Waals surface area (Å²) < 4.78 is 11.5. The third kappa shape index (κ3) is 3.67. The van der Waals surface area contributed by atoms with E-state index in [2.05, 4.69) is 15.3 Å². The number of urea groups is 1. The lowest BCUT2D eigenvalue weighted by atomic mass is 10.1. The minimum absolute atomic E-state index is 0.192. The highest BCUT2D eigenvalue weighted by Gasteiger charge is 2.13. The molecule has 2 N–H and O–H groups in total. The largest absolute Gasteiger partial charge is 0.493 e. The van der Waals surface area contributed by atoms with Gasteiger partial charge in [-0.1, -0.05) is 48.5 Å². The molecule has 0 fully saturated rings. The van der Waals surface area contributed by atoms with Crippen LogP contribution in [0.15, 0.2) is 94.3 Å². The van der Waals surface area contributed by atoms with Crippen molar-refractivity contribution in [3.05, 3.63) is 90.5 Å². The molecule has 31 heavy (non-hydrogen) atoms. The summed E-state index contributed by atoms with van der Waals surface area (Å²) in [6.07, 6.45) is 0. The number of nitrogens with zero attached hydrogens (tertiary/aromatic N) is 1. The summed E-state index contributed by atoms with van der Waals surface area (Å²) in [5.41, 5.74) is 3.85. The molecule has 0 unspecified atom stereocenters. The molecule has 0 bridgehead atoms. The Morgan fingerprint density at radius 3 is 2.52 bits per heavy atom. The summed E-state index contributed by atoms with van der Waals surface area (Å²) in [6.45, 7) is 0. The topological polar surface area (TPSA) is 79.6 Å². The first kappa shape index (κ1) is 18.7. The van der Waals surface area contributed by atoms with Gasteiger partial charge in [0.05, 0.1) is 18.4 Å². The van der Waals surface area contributed by atoms with Crippen LogP contribution in [0.5, 0.6) is 5.75 Å². The van der Waals surface area contributed by atoms with Crippen molar-refractivity contribution in [2.24, 2.45) is 4.99 Å². The van der Waals surface area contributed by atoms with Gasteiger partial charge in [-0.05, 0) is 36.4 Å². The van der Waals surface area contributed by atoms with Crippen LogP contribution in [0.3, 0.4) is 0 Å². The van der Waals surface area contributed by atoms with E-state index in [9.17, 15) is 4.79 Å². The summed E-state index contributed by atoms with van der Waals surface area (Å²) in [7, 11) is 1.58. The molecule has 0 aliphatic carbocycles. The number of benzene rings is 3. The zero-order valence-electron chi connectivity index (χ0n) is 16.8. The highest BCUT2D eigenvalue weighted by molar-refractivity contribution is 5.92. The van der Waals surface area contributed by atoms with E-state index in [1.165, 1.54) is 0 Å². The molecule has 0 radical (unpaired) electrons. The van der Waals surface area contributed by atoms with Gasteiger partial charge in [-0.3, -0.25) is 0 Å². The van der Waals surface area contributed by atoms with Gasteiger partial charge in [0.2, 0.25) is 5.55 Å². The number of fused-ring (bicyclic) bond motifs is 2. The fourth-order valence-electron chi connectivity index (χ4n) is 3.54. The van der Waals surface area contributed by atoms with Crippen LogP contribution >= 0.6 is 0 Å². The first-order chi connectivity index (χ1) is 15.2. The van der Waals surface area contributed by atoms with Gasteiger partial charge in [-0.25, -0.2) is 4.79 Å². The molecule has 0 aliphatic heterocycles. The third-order valence-corrected chi connectivity index (χ3v) is 5.01. The smallest absolute Gasteiger partial charge is 0.348 e. The monoisotopic (exact) mass is 409 g/mol. The van der Waals surface area contributed by atoms with Crippen LogP contribution in [0.4, 0.5) is 10.5 Å². The second-order valence-corrected chi connectivity index (χ2v) is 7.02. The molecule has 2 heterocycles. The van der Waals surface area contributed by atoms with Gasteiger partial charge in [0.25, 0.3) is 0 Å². The molecule has 6 heteroatoms. The Hall–Kier alpha value is -4.32. The van der Waals surface area contributed by atoms with Crippen LogP contribution in [-0.2, 0) is 0 Å². The lowest BCUT2D eigenvalue weighted by Gasteiger charge is -2.07. The Balaban J connectivity index is 1.70. The number of carbonyl (C=O) groups excluding carboxylic acids is 1. The number of anilines is 1. The lowest BCUT2D eigenvalue weighted by molar-refractivity contribution is 0.258. The number of rotatable bonds is 3. The Morgan fingerprint density at radius 2 is 1.71 bits per heavy atom. The zero-order valence-corrected chi connectivity index (χ0v) is 16.8. The highest BCUT2D eigenvalue weighted by Crippen LogP contribution is 2.28. The fraction of sp³-hybridized carbons (Fsp3) is 0.0400. The minimum Gasteiger partial charge on any atom is -0.493 e. The van der Waals surface area contributed by atoms with E-state index in [-0.39, 0.29) is 5.55 Å². The molecule has 0 saturated carbocycles. The Morgan fingerprint density at radius 1 is 0.935 bits per heavy atom. The Kier molecular flexibility index (Phi) is 4.72. The van der Waals surface area contributed by atoms with Crippen LogP contribution in [0, 0.1) is 0 Å². The number of hydrogen-bond acceptors (Lipinski definition) is 3. The van der Waals surface area contributed by atoms with E-state index < -0.39 is 6.03 Å². The normalized spacial score (nSPS) is 11.7. The second-order valence-electron chi connectivity index (χ2n) is 7.02. The standard InChI is InChI=1S/C25H19N3O3/c1-30-22-13-7-9-17-14-19(21-15-16-8-5-6-12-20(16)27-21)24(31-23(17)22)28-25(29)26-18-10-3-2-4-11-18/h2-15,27H,1H3,(H,26,29)/b28-24-. The maximum absolute atomic E-state index is 12.6. The quantitative estimate of drug-likeness (QED) is 0.400. The van der Waals surface area contributed by atoms with Gasteiger partial charge < -0.3 is 19.5 Å². The molecule has 5 aromatic rings. The molecule has 2 amide bonds. The maximum atomic E-state index is 12.6. The van der Waals surface area contributed by atoms with E-state index in [1.807, 2.05) is 72.8 Å². The summed E-state index contributed by atoms with van der Waals surface area (Å²) in [5.74, 6) is 0.570. The van der Waals surface area contributed by atoms with Gasteiger partial charge >= 0.3 is 6.03 Å². The number of methoxy groups -OCH3 is 1. The highest BCUT2D eigenvalue weighted by atomic mass is 16.5. The van der Waals surface area contributed by atoms with Crippen molar-refractivity contribution in [3.8, 4) is 17.0 Å². The number of carbonyl (C=O) groups is 1. The maximum Gasteiger partial charge on any atom is 0.348 e. The van der Waals surface area contributed by atoms with Crippen molar-refractivity contribution in [1.29, 1.82) is 0 Å². The summed E-state index contributed by atoms with van der Waals surface area (Å²) >= 11 is 0. The van der Waals surface area contributed by atoms with E-state index in [0.717, 1.165) is 22.0 Å². The van der Waals surface area contributed by atoms with Crippen molar-refractivity contribution in [1.82, 2.24) is 4.98 Å². The molecule has 0 saturated heterocycles. The number of H-pyrrole nitrogens is 1. The van der Waals surface area contributed by atoms with Crippen LogP contribution in [-0.4, -0.2) is 18.1 Å². The number of hydrogen-bond donors (Lipinski definition) is 2. The molecule has 152 valence electrons. The predicted molar refractivity (Wildman–Crippen MR) is 121 cm³/mol. The number of ether oxygens (including phenoxy) is 1. The predicted octanol–water partition coefficient (Wildman–Crippen LogP) is 5.72. The fourth-order valence-corrected chi connectivity index (χ4v) is 3.54. The Bertz CT molecular complexity index is 1430. The molecular weight excluding hydrogens is 390 g/mol. The number of aromatic amines is 1. The molecule has 0 aliphatic rings. The van der Waals surface area contributed by atoms with Gasteiger partial charge in [0.1, 0.15) is 0 Å². The van der Waals surface area contributed by atoms with Crippen molar-refractivity contribution in [3.63, 3.8) is 0 Å². The van der Waals surface area contributed by atoms with Gasteiger partial charge in [-0.15, -0.1) is 0 Å². The SMILES string of the molecule is COc1cccc2cc(-c3cc4ccccc4[nH]3)/c(=N/C(=O)Nc3ccccc3)oc12. The van der Waals surface area contributed by atoms with Crippen LogP contribution < -0.4 is 15.6 Å². The van der Waals surface area contributed by atoms with Gasteiger partial charge in [-0.2, -0.15) is 4.99 Å². The van der Waals surface area contributed by atoms with Crippen molar-refractivity contribution in [2.45, 2.75) is 0 Å². The third-order valence-electron chi connectivity index (χ3n) is 5.01. The van der Waals surface area contributed by atoms with Crippen LogP contribution in [0.1, 0.15) is 0 Å². The number of para-hydroxylation sites is 3. The molecule has 0 atom stereocenters. The van der Waals surface area contributed by atoms with E-state index in [1.54, 1.807) is 19.2 Å². The second kappa shape index (κ2) is 7.84. The average Bonchev–Trinajstić information content (AvgIpc) is 3.23.